The molecule has 0 radical (unpaired) electrons. The Hall–Kier alpha value is -0.340. The quantitative estimate of drug-likeness (QED) is 0.614. The molecule has 12 heavy (non-hydrogen) atoms. The maximum absolute atomic E-state index is 9.01. The van der Waals surface area contributed by atoms with Crippen LogP contribution in [-0.2, 0) is 0 Å². The van der Waals surface area contributed by atoms with Crippen LogP contribution in [0.2, 0.25) is 0 Å². The third-order valence-electron chi connectivity index (χ3n) is 2.68. The molecule has 0 bridgehead atoms. The SMILES string of the molecule is C/C=C/C1(N)CCCC(CO)C1. The Morgan fingerprint density at radius 1 is 1.67 bits per heavy atom. The number of aliphatic hydroxyl groups is 1. The number of hydrogen-bond acceptors (Lipinski definition) is 2. The van der Waals surface area contributed by atoms with E-state index in [0.717, 1.165) is 25.7 Å². The van der Waals surface area contributed by atoms with Crippen molar-refractivity contribution in [1.29, 1.82) is 0 Å². The van der Waals surface area contributed by atoms with E-state index in [0.29, 0.717) is 5.92 Å². The highest BCUT2D eigenvalue weighted by Crippen LogP contribution is 2.31. The summed E-state index contributed by atoms with van der Waals surface area (Å²) in [5, 5.41) is 9.01. The second kappa shape index (κ2) is 4.06. The first kappa shape index (κ1) is 9.75. The molecule has 0 saturated heterocycles. The highest BCUT2D eigenvalue weighted by atomic mass is 16.3. The molecule has 2 nitrogen and oxygen atoms in total. The number of allylic oxidation sites excluding steroid dienone is 1. The van der Waals surface area contributed by atoms with Gasteiger partial charge in [-0.2, -0.15) is 0 Å². The van der Waals surface area contributed by atoms with E-state index >= 15 is 0 Å². The summed E-state index contributed by atoms with van der Waals surface area (Å²) in [5.41, 5.74) is 6.00. The molecule has 0 aliphatic heterocycles. The summed E-state index contributed by atoms with van der Waals surface area (Å²) in [4.78, 5) is 0. The smallest absolute Gasteiger partial charge is 0.0460 e. The lowest BCUT2D eigenvalue weighted by Crippen LogP contribution is -2.43. The summed E-state index contributed by atoms with van der Waals surface area (Å²) in [6.45, 7) is 2.29. The predicted octanol–water partition coefficient (Wildman–Crippen LogP) is 1.44. The maximum atomic E-state index is 9.01. The molecule has 1 aliphatic carbocycles. The summed E-state index contributed by atoms with van der Waals surface area (Å²) in [6, 6.07) is 0. The second-order valence-corrected chi connectivity index (χ2v) is 3.88. The van der Waals surface area contributed by atoms with Crippen molar-refractivity contribution >= 4 is 0 Å². The van der Waals surface area contributed by atoms with E-state index in [2.05, 4.69) is 6.08 Å². The Bertz CT molecular complexity index is 167. The molecule has 1 aliphatic rings. The van der Waals surface area contributed by atoms with Crippen LogP contribution in [0.25, 0.3) is 0 Å². The molecule has 0 spiro atoms. The topological polar surface area (TPSA) is 46.2 Å². The van der Waals surface area contributed by atoms with Crippen molar-refractivity contribution < 1.29 is 5.11 Å². The lowest BCUT2D eigenvalue weighted by atomic mass is 9.76. The Kier molecular flexibility index (Phi) is 3.29. The zero-order chi connectivity index (χ0) is 9.03. The van der Waals surface area contributed by atoms with E-state index in [-0.39, 0.29) is 12.1 Å². The molecule has 0 aromatic rings. The average Bonchev–Trinajstić information content (AvgIpc) is 2.04. The van der Waals surface area contributed by atoms with Gasteiger partial charge in [-0.1, -0.05) is 18.6 Å². The summed E-state index contributed by atoms with van der Waals surface area (Å²) in [6.07, 6.45) is 8.37. The second-order valence-electron chi connectivity index (χ2n) is 3.88. The van der Waals surface area contributed by atoms with Crippen molar-refractivity contribution in [2.24, 2.45) is 11.7 Å². The molecule has 0 aromatic carbocycles. The fourth-order valence-electron chi connectivity index (χ4n) is 2.10. The molecule has 2 atom stereocenters. The van der Waals surface area contributed by atoms with Crippen LogP contribution in [0.3, 0.4) is 0 Å². The molecular formula is C10H19NO. The first-order valence-electron chi connectivity index (χ1n) is 4.74. The highest BCUT2D eigenvalue weighted by molar-refractivity contribution is 5.06. The molecule has 0 amide bonds. The summed E-state index contributed by atoms with van der Waals surface area (Å²) < 4.78 is 0. The summed E-state index contributed by atoms with van der Waals surface area (Å²) >= 11 is 0. The van der Waals surface area contributed by atoms with E-state index in [9.17, 15) is 0 Å². The Morgan fingerprint density at radius 3 is 3.00 bits per heavy atom. The molecule has 1 fully saturated rings. The minimum atomic E-state index is -0.138. The van der Waals surface area contributed by atoms with Crippen molar-refractivity contribution in [3.63, 3.8) is 0 Å². The van der Waals surface area contributed by atoms with Crippen LogP contribution in [-0.4, -0.2) is 17.3 Å². The van der Waals surface area contributed by atoms with Crippen LogP contribution in [0.4, 0.5) is 0 Å². The van der Waals surface area contributed by atoms with Gasteiger partial charge in [-0.05, 0) is 32.1 Å². The normalized spacial score (nSPS) is 37.4. The van der Waals surface area contributed by atoms with E-state index < -0.39 is 0 Å². The Labute approximate surface area is 74.5 Å². The van der Waals surface area contributed by atoms with Gasteiger partial charge in [-0.15, -0.1) is 0 Å². The number of rotatable bonds is 2. The van der Waals surface area contributed by atoms with Crippen molar-refractivity contribution in [1.82, 2.24) is 0 Å². The third-order valence-corrected chi connectivity index (χ3v) is 2.68. The Balaban J connectivity index is 2.54. The maximum Gasteiger partial charge on any atom is 0.0460 e. The van der Waals surface area contributed by atoms with E-state index in [1.165, 1.54) is 0 Å². The van der Waals surface area contributed by atoms with Gasteiger partial charge in [0.2, 0.25) is 0 Å². The minimum Gasteiger partial charge on any atom is -0.396 e. The highest BCUT2D eigenvalue weighted by Gasteiger charge is 2.29. The van der Waals surface area contributed by atoms with E-state index in [1.807, 2.05) is 13.0 Å². The van der Waals surface area contributed by atoms with Crippen molar-refractivity contribution in [3.8, 4) is 0 Å². The standard InChI is InChI=1S/C10H19NO/c1-2-5-10(11)6-3-4-9(7-10)8-12/h2,5,9,12H,3-4,6-8,11H2,1H3/b5-2+. The van der Waals surface area contributed by atoms with E-state index in [4.69, 9.17) is 10.8 Å². The third kappa shape index (κ3) is 2.32. The van der Waals surface area contributed by atoms with E-state index in [1.54, 1.807) is 0 Å². The van der Waals surface area contributed by atoms with Gasteiger partial charge < -0.3 is 10.8 Å². The zero-order valence-corrected chi connectivity index (χ0v) is 7.79. The first-order chi connectivity index (χ1) is 5.70. The van der Waals surface area contributed by atoms with Gasteiger partial charge in [-0.25, -0.2) is 0 Å². The van der Waals surface area contributed by atoms with Crippen LogP contribution in [0.15, 0.2) is 12.2 Å². The molecule has 1 rings (SSSR count). The molecule has 70 valence electrons. The molecule has 3 N–H and O–H groups in total. The van der Waals surface area contributed by atoms with Gasteiger partial charge in [0.15, 0.2) is 0 Å². The van der Waals surface area contributed by atoms with Gasteiger partial charge in [0.1, 0.15) is 0 Å². The lowest BCUT2D eigenvalue weighted by Gasteiger charge is -2.35. The molecule has 0 heterocycles. The fourth-order valence-corrected chi connectivity index (χ4v) is 2.10. The average molecular weight is 169 g/mol. The monoisotopic (exact) mass is 169 g/mol. The summed E-state index contributed by atoms with van der Waals surface area (Å²) in [7, 11) is 0. The van der Waals surface area contributed by atoms with Gasteiger partial charge in [0.05, 0.1) is 0 Å². The molecule has 2 heteroatoms. The molecule has 0 aromatic heterocycles. The lowest BCUT2D eigenvalue weighted by molar-refractivity contribution is 0.161. The van der Waals surface area contributed by atoms with Crippen LogP contribution in [0.1, 0.15) is 32.6 Å². The first-order valence-corrected chi connectivity index (χ1v) is 4.74. The van der Waals surface area contributed by atoms with Gasteiger partial charge in [0.25, 0.3) is 0 Å². The predicted molar refractivity (Wildman–Crippen MR) is 50.8 cm³/mol. The molecule has 2 unspecified atom stereocenters. The van der Waals surface area contributed by atoms with Crippen LogP contribution < -0.4 is 5.73 Å². The molecule has 1 saturated carbocycles. The van der Waals surface area contributed by atoms with Crippen molar-refractivity contribution in [2.45, 2.75) is 38.1 Å². The van der Waals surface area contributed by atoms with Crippen LogP contribution >= 0.6 is 0 Å². The molecular weight excluding hydrogens is 150 g/mol. The van der Waals surface area contributed by atoms with Crippen LogP contribution in [0, 0.1) is 5.92 Å². The van der Waals surface area contributed by atoms with Gasteiger partial charge in [-0.3, -0.25) is 0 Å². The number of aliphatic hydroxyl groups excluding tert-OH is 1. The number of nitrogens with two attached hydrogens (primary N) is 1. The fraction of sp³-hybridized carbons (Fsp3) is 0.800. The minimum absolute atomic E-state index is 0.138. The van der Waals surface area contributed by atoms with Crippen molar-refractivity contribution in [2.75, 3.05) is 6.61 Å². The zero-order valence-electron chi connectivity index (χ0n) is 7.79. The summed E-state index contributed by atoms with van der Waals surface area (Å²) in [5.74, 6) is 0.417. The largest absolute Gasteiger partial charge is 0.396 e. The van der Waals surface area contributed by atoms with Crippen molar-refractivity contribution in [3.05, 3.63) is 12.2 Å². The van der Waals surface area contributed by atoms with Crippen LogP contribution in [0.5, 0.6) is 0 Å². The van der Waals surface area contributed by atoms with Gasteiger partial charge in [0, 0.05) is 12.1 Å². The Morgan fingerprint density at radius 2 is 2.42 bits per heavy atom. The van der Waals surface area contributed by atoms with Gasteiger partial charge >= 0.3 is 0 Å². The number of hydrogen-bond donors (Lipinski definition) is 2.